The molecule has 1 aliphatic carbocycles. The minimum Gasteiger partial charge on any atom is -0.372 e. The summed E-state index contributed by atoms with van der Waals surface area (Å²) in [6, 6.07) is 0. The smallest absolute Gasteiger partial charge is 0.141 e. The zero-order chi connectivity index (χ0) is 15.1. The van der Waals surface area contributed by atoms with E-state index in [9.17, 15) is 0 Å². The lowest BCUT2D eigenvalue weighted by Crippen LogP contribution is -2.46. The molecule has 0 N–H and O–H groups in total. The van der Waals surface area contributed by atoms with Gasteiger partial charge in [0.05, 0.1) is 17.6 Å². The van der Waals surface area contributed by atoms with E-state index >= 15 is 0 Å². The van der Waals surface area contributed by atoms with Crippen molar-refractivity contribution in [1.82, 2.24) is 9.97 Å². The van der Waals surface area contributed by atoms with Gasteiger partial charge < -0.3 is 9.64 Å². The molecule has 3 heterocycles. The van der Waals surface area contributed by atoms with Gasteiger partial charge in [-0.2, -0.15) is 0 Å². The summed E-state index contributed by atoms with van der Waals surface area (Å²) in [6.07, 6.45) is 8.60. The van der Waals surface area contributed by atoms with Crippen LogP contribution in [0.4, 0.5) is 5.82 Å². The average molecular weight is 317 g/mol. The van der Waals surface area contributed by atoms with Crippen molar-refractivity contribution < 1.29 is 4.74 Å². The molecule has 1 aliphatic heterocycles. The summed E-state index contributed by atoms with van der Waals surface area (Å²) < 4.78 is 5.88. The quantitative estimate of drug-likeness (QED) is 0.754. The molecule has 4 nitrogen and oxygen atoms in total. The number of hydrogen-bond donors (Lipinski definition) is 0. The SMILES string of the molecule is C[C@@H]1CN(c2ncnc3sc4c(c23)CCCCC4)C[C@H](C)O1. The molecule has 22 heavy (non-hydrogen) atoms. The summed E-state index contributed by atoms with van der Waals surface area (Å²) in [5, 5.41) is 1.32. The van der Waals surface area contributed by atoms with E-state index in [4.69, 9.17) is 4.74 Å². The van der Waals surface area contributed by atoms with Crippen molar-refractivity contribution >= 4 is 27.4 Å². The summed E-state index contributed by atoms with van der Waals surface area (Å²) in [7, 11) is 0. The molecule has 2 aliphatic rings. The highest BCUT2D eigenvalue weighted by atomic mass is 32.1. The topological polar surface area (TPSA) is 38.2 Å². The van der Waals surface area contributed by atoms with Gasteiger partial charge >= 0.3 is 0 Å². The molecular formula is C17H23N3OS. The number of hydrogen-bond acceptors (Lipinski definition) is 5. The Hall–Kier alpha value is -1.20. The first-order valence-corrected chi connectivity index (χ1v) is 9.19. The Kier molecular flexibility index (Phi) is 3.78. The summed E-state index contributed by atoms with van der Waals surface area (Å²) in [6.45, 7) is 6.13. The minimum atomic E-state index is 0.256. The number of rotatable bonds is 1. The first-order valence-electron chi connectivity index (χ1n) is 8.38. The molecule has 2 atom stereocenters. The number of thiophene rings is 1. The van der Waals surface area contributed by atoms with Crippen molar-refractivity contribution in [2.45, 2.75) is 58.2 Å². The maximum atomic E-state index is 5.88. The molecule has 2 aromatic heterocycles. The molecule has 118 valence electrons. The first kappa shape index (κ1) is 14.4. The van der Waals surface area contributed by atoms with E-state index in [1.54, 1.807) is 11.2 Å². The molecule has 0 spiro atoms. The molecule has 0 amide bonds. The number of aromatic nitrogens is 2. The van der Waals surface area contributed by atoms with E-state index < -0.39 is 0 Å². The maximum absolute atomic E-state index is 5.88. The Bertz CT molecular complexity index is 674. The van der Waals surface area contributed by atoms with Gasteiger partial charge in [-0.25, -0.2) is 9.97 Å². The van der Waals surface area contributed by atoms with Gasteiger partial charge in [0, 0.05) is 18.0 Å². The van der Waals surface area contributed by atoms with E-state index in [0.29, 0.717) is 0 Å². The highest BCUT2D eigenvalue weighted by Crippen LogP contribution is 2.39. The second kappa shape index (κ2) is 5.78. The van der Waals surface area contributed by atoms with Gasteiger partial charge in [-0.05, 0) is 45.1 Å². The molecule has 0 saturated carbocycles. The molecule has 1 fully saturated rings. The van der Waals surface area contributed by atoms with Gasteiger partial charge in [-0.3, -0.25) is 0 Å². The predicted octanol–water partition coefficient (Wildman–Crippen LogP) is 3.57. The Labute approximate surface area is 135 Å². The Morgan fingerprint density at radius 1 is 1.09 bits per heavy atom. The molecule has 0 aromatic carbocycles. The maximum Gasteiger partial charge on any atom is 0.141 e. The fourth-order valence-electron chi connectivity index (χ4n) is 3.84. The Balaban J connectivity index is 1.82. The van der Waals surface area contributed by atoms with Gasteiger partial charge in [-0.15, -0.1) is 11.3 Å². The molecular weight excluding hydrogens is 294 g/mol. The standard InChI is InChI=1S/C17H23N3OS/c1-11-8-20(9-12(2)21-11)16-15-13-6-4-3-5-7-14(13)22-17(15)19-10-18-16/h10-12H,3-9H2,1-2H3/t11-,12+. The van der Waals surface area contributed by atoms with Crippen molar-refractivity contribution in [3.63, 3.8) is 0 Å². The van der Waals surface area contributed by atoms with Crippen molar-refractivity contribution in [1.29, 1.82) is 0 Å². The van der Waals surface area contributed by atoms with Crippen LogP contribution in [0.5, 0.6) is 0 Å². The van der Waals surface area contributed by atoms with Crippen LogP contribution in [0.3, 0.4) is 0 Å². The lowest BCUT2D eigenvalue weighted by atomic mass is 10.1. The van der Waals surface area contributed by atoms with Crippen LogP contribution in [0, 0.1) is 0 Å². The zero-order valence-electron chi connectivity index (χ0n) is 13.3. The van der Waals surface area contributed by atoms with Crippen LogP contribution in [-0.2, 0) is 17.6 Å². The van der Waals surface area contributed by atoms with Gasteiger partial charge in [-0.1, -0.05) is 6.42 Å². The fraction of sp³-hybridized carbons (Fsp3) is 0.647. The molecule has 4 rings (SSSR count). The van der Waals surface area contributed by atoms with E-state index in [2.05, 4.69) is 28.7 Å². The molecule has 0 unspecified atom stereocenters. The number of ether oxygens (including phenoxy) is 1. The number of fused-ring (bicyclic) bond motifs is 3. The van der Waals surface area contributed by atoms with E-state index in [1.165, 1.54) is 47.9 Å². The van der Waals surface area contributed by atoms with Crippen LogP contribution in [0.15, 0.2) is 6.33 Å². The van der Waals surface area contributed by atoms with Gasteiger partial charge in [0.25, 0.3) is 0 Å². The molecule has 2 aromatic rings. The van der Waals surface area contributed by atoms with Crippen LogP contribution in [0.25, 0.3) is 10.2 Å². The van der Waals surface area contributed by atoms with Gasteiger partial charge in [0.1, 0.15) is 17.0 Å². The third kappa shape index (κ3) is 2.50. The normalized spacial score (nSPS) is 26.0. The molecule has 0 radical (unpaired) electrons. The third-order valence-corrected chi connectivity index (χ3v) is 5.90. The van der Waals surface area contributed by atoms with Crippen molar-refractivity contribution in [2.75, 3.05) is 18.0 Å². The van der Waals surface area contributed by atoms with Gasteiger partial charge in [0.15, 0.2) is 0 Å². The average Bonchev–Trinajstić information content (AvgIpc) is 2.68. The van der Waals surface area contributed by atoms with E-state index in [-0.39, 0.29) is 12.2 Å². The Morgan fingerprint density at radius 2 is 1.86 bits per heavy atom. The van der Waals surface area contributed by atoms with Crippen LogP contribution >= 0.6 is 11.3 Å². The highest BCUT2D eigenvalue weighted by Gasteiger charge is 2.27. The summed E-state index contributed by atoms with van der Waals surface area (Å²) in [4.78, 5) is 14.4. The second-order valence-corrected chi connectivity index (χ2v) is 7.69. The Morgan fingerprint density at radius 3 is 2.68 bits per heavy atom. The fourth-order valence-corrected chi connectivity index (χ4v) is 5.06. The number of anilines is 1. The van der Waals surface area contributed by atoms with E-state index in [0.717, 1.165) is 18.9 Å². The van der Waals surface area contributed by atoms with Crippen LogP contribution < -0.4 is 4.90 Å². The summed E-state index contributed by atoms with van der Waals surface area (Å²) >= 11 is 1.88. The number of nitrogens with zero attached hydrogens (tertiary/aromatic N) is 3. The van der Waals surface area contributed by atoms with Crippen molar-refractivity contribution in [3.05, 3.63) is 16.8 Å². The van der Waals surface area contributed by atoms with Crippen LogP contribution in [0.2, 0.25) is 0 Å². The lowest BCUT2D eigenvalue weighted by Gasteiger charge is -2.36. The predicted molar refractivity (Wildman–Crippen MR) is 90.9 cm³/mol. The monoisotopic (exact) mass is 317 g/mol. The lowest BCUT2D eigenvalue weighted by molar-refractivity contribution is -0.00537. The second-order valence-electron chi connectivity index (χ2n) is 6.60. The first-order chi connectivity index (χ1) is 10.7. The van der Waals surface area contributed by atoms with E-state index in [1.807, 2.05) is 11.3 Å². The highest BCUT2D eigenvalue weighted by molar-refractivity contribution is 7.18. The third-order valence-electron chi connectivity index (χ3n) is 4.70. The molecule has 0 bridgehead atoms. The van der Waals surface area contributed by atoms with Crippen molar-refractivity contribution in [3.8, 4) is 0 Å². The van der Waals surface area contributed by atoms with Gasteiger partial charge in [0.2, 0.25) is 0 Å². The largest absolute Gasteiger partial charge is 0.372 e. The van der Waals surface area contributed by atoms with Crippen LogP contribution in [-0.4, -0.2) is 35.3 Å². The molecule has 1 saturated heterocycles. The number of aryl methyl sites for hydroxylation is 2. The summed E-state index contributed by atoms with van der Waals surface area (Å²) in [5.74, 6) is 1.13. The minimum absolute atomic E-state index is 0.256. The molecule has 5 heteroatoms. The van der Waals surface area contributed by atoms with Crippen LogP contribution in [0.1, 0.15) is 43.6 Å². The van der Waals surface area contributed by atoms with Crippen molar-refractivity contribution in [2.24, 2.45) is 0 Å². The zero-order valence-corrected chi connectivity index (χ0v) is 14.2. The summed E-state index contributed by atoms with van der Waals surface area (Å²) in [5.41, 5.74) is 1.53. The number of morpholine rings is 1.